The predicted molar refractivity (Wildman–Crippen MR) is 88.2 cm³/mol. The summed E-state index contributed by atoms with van der Waals surface area (Å²) in [5, 5.41) is 4.86. The maximum atomic E-state index is 3.83. The van der Waals surface area contributed by atoms with Crippen LogP contribution in [-0.4, -0.2) is 11.1 Å². The molecule has 0 bridgehead atoms. The van der Waals surface area contributed by atoms with Gasteiger partial charge in [-0.2, -0.15) is 0 Å². The van der Waals surface area contributed by atoms with Crippen LogP contribution in [-0.2, 0) is 13.1 Å². The van der Waals surface area contributed by atoms with Gasteiger partial charge in [0, 0.05) is 29.7 Å². The molecule has 1 heterocycles. The number of hydrogen-bond acceptors (Lipinski definition) is 1. The first kappa shape index (κ1) is 14.9. The van der Waals surface area contributed by atoms with Crippen LogP contribution in [0.15, 0.2) is 30.9 Å². The van der Waals surface area contributed by atoms with Crippen molar-refractivity contribution in [1.82, 2.24) is 9.88 Å². The van der Waals surface area contributed by atoms with Crippen LogP contribution < -0.4 is 5.32 Å². The Kier molecular flexibility index (Phi) is 5.02. The van der Waals surface area contributed by atoms with E-state index < -0.39 is 0 Å². The van der Waals surface area contributed by atoms with E-state index in [9.17, 15) is 0 Å². The van der Waals surface area contributed by atoms with E-state index in [4.69, 9.17) is 0 Å². The molecule has 0 amide bonds. The van der Waals surface area contributed by atoms with Gasteiger partial charge in [0.1, 0.15) is 0 Å². The molecule has 0 aliphatic heterocycles. The molecule has 2 rings (SSSR count). The third kappa shape index (κ3) is 2.96. The number of benzene rings is 1. The highest BCUT2D eigenvalue weighted by molar-refractivity contribution is 5.86. The maximum absolute atomic E-state index is 3.83. The summed E-state index contributed by atoms with van der Waals surface area (Å²) in [5.41, 5.74) is 5.50. The fourth-order valence-electron chi connectivity index (χ4n) is 2.72. The van der Waals surface area contributed by atoms with Crippen LogP contribution in [0.3, 0.4) is 0 Å². The second-order valence-electron chi connectivity index (χ2n) is 5.47. The first-order valence-electron chi connectivity index (χ1n) is 7.59. The van der Waals surface area contributed by atoms with Crippen molar-refractivity contribution < 1.29 is 0 Å². The van der Waals surface area contributed by atoms with Gasteiger partial charge < -0.3 is 9.88 Å². The molecular formula is C18H26N2. The second kappa shape index (κ2) is 6.76. The molecule has 0 spiro atoms. The Morgan fingerprint density at radius 2 is 2.10 bits per heavy atom. The van der Waals surface area contributed by atoms with E-state index in [1.807, 2.05) is 6.08 Å². The van der Waals surface area contributed by atoms with Crippen molar-refractivity contribution in [2.45, 2.75) is 46.7 Å². The highest BCUT2D eigenvalue weighted by Crippen LogP contribution is 2.26. The number of fused-ring (bicyclic) bond motifs is 1. The largest absolute Gasteiger partial charge is 0.344 e. The van der Waals surface area contributed by atoms with Crippen LogP contribution in [0.25, 0.3) is 10.9 Å². The van der Waals surface area contributed by atoms with Gasteiger partial charge in [-0.3, -0.25) is 0 Å². The Morgan fingerprint density at radius 3 is 2.80 bits per heavy atom. The summed E-state index contributed by atoms with van der Waals surface area (Å²) >= 11 is 0. The zero-order chi connectivity index (χ0) is 14.5. The molecule has 0 aliphatic carbocycles. The fourth-order valence-corrected chi connectivity index (χ4v) is 2.72. The van der Waals surface area contributed by atoms with Crippen LogP contribution >= 0.6 is 0 Å². The monoisotopic (exact) mass is 270 g/mol. The van der Waals surface area contributed by atoms with Crippen LogP contribution in [0.1, 0.15) is 36.6 Å². The van der Waals surface area contributed by atoms with E-state index in [0.29, 0.717) is 0 Å². The number of rotatable bonds is 7. The number of nitrogens with one attached hydrogen (secondary N) is 1. The van der Waals surface area contributed by atoms with Crippen molar-refractivity contribution >= 4 is 10.9 Å². The first-order valence-corrected chi connectivity index (χ1v) is 7.59. The van der Waals surface area contributed by atoms with Crippen molar-refractivity contribution in [3.05, 3.63) is 47.7 Å². The van der Waals surface area contributed by atoms with E-state index in [1.165, 1.54) is 34.1 Å². The van der Waals surface area contributed by atoms with Gasteiger partial charge in [-0.15, -0.1) is 6.58 Å². The molecule has 0 atom stereocenters. The minimum absolute atomic E-state index is 0.958. The van der Waals surface area contributed by atoms with E-state index in [0.717, 1.165) is 26.1 Å². The average molecular weight is 270 g/mol. The first-order chi connectivity index (χ1) is 9.69. The molecule has 1 aromatic heterocycles. The standard InChI is InChI=1S/C18H26N2/c1-5-7-11-20-15(4)14(3)17-12-16(8-9-18(17)20)13-19-10-6-2/h5,8-9,12,19H,1,6-7,10-11,13H2,2-4H3. The summed E-state index contributed by atoms with van der Waals surface area (Å²) < 4.78 is 2.41. The Labute approximate surface area is 122 Å². The second-order valence-corrected chi connectivity index (χ2v) is 5.47. The third-order valence-electron chi connectivity index (χ3n) is 4.02. The van der Waals surface area contributed by atoms with E-state index in [1.54, 1.807) is 0 Å². The minimum Gasteiger partial charge on any atom is -0.344 e. The van der Waals surface area contributed by atoms with Gasteiger partial charge in [-0.1, -0.05) is 19.1 Å². The van der Waals surface area contributed by atoms with Crippen LogP contribution in [0.5, 0.6) is 0 Å². The summed E-state index contributed by atoms with van der Waals surface area (Å²) in [6.45, 7) is 13.5. The minimum atomic E-state index is 0.958. The zero-order valence-electron chi connectivity index (χ0n) is 13.0. The Balaban J connectivity index is 2.33. The molecule has 2 aromatic rings. The molecule has 2 heteroatoms. The lowest BCUT2D eigenvalue weighted by atomic mass is 10.1. The fraction of sp³-hybridized carbons (Fsp3) is 0.444. The lowest BCUT2D eigenvalue weighted by molar-refractivity contribution is 0.676. The summed E-state index contributed by atoms with van der Waals surface area (Å²) in [6.07, 6.45) is 4.19. The average Bonchev–Trinajstić information content (AvgIpc) is 2.69. The Bertz CT molecular complexity index is 593. The van der Waals surface area contributed by atoms with Gasteiger partial charge in [-0.05, 0) is 56.5 Å². The molecule has 0 unspecified atom stereocenters. The number of hydrogen-bond donors (Lipinski definition) is 1. The van der Waals surface area contributed by atoms with Crippen molar-refractivity contribution in [2.24, 2.45) is 0 Å². The molecule has 0 fully saturated rings. The highest BCUT2D eigenvalue weighted by Gasteiger charge is 2.10. The van der Waals surface area contributed by atoms with Crippen molar-refractivity contribution in [3.63, 3.8) is 0 Å². The van der Waals surface area contributed by atoms with Crippen molar-refractivity contribution in [1.29, 1.82) is 0 Å². The topological polar surface area (TPSA) is 17.0 Å². The quantitative estimate of drug-likeness (QED) is 0.585. The molecular weight excluding hydrogens is 244 g/mol. The molecule has 20 heavy (non-hydrogen) atoms. The van der Waals surface area contributed by atoms with Crippen molar-refractivity contribution in [2.75, 3.05) is 6.54 Å². The molecule has 108 valence electrons. The molecule has 2 nitrogen and oxygen atoms in total. The molecule has 0 aliphatic rings. The number of nitrogens with zero attached hydrogens (tertiary/aromatic N) is 1. The molecule has 0 radical (unpaired) electrons. The third-order valence-corrected chi connectivity index (χ3v) is 4.02. The number of aryl methyl sites for hydroxylation is 2. The lowest BCUT2D eigenvalue weighted by Crippen LogP contribution is -2.13. The maximum Gasteiger partial charge on any atom is 0.0485 e. The Hall–Kier alpha value is -1.54. The van der Waals surface area contributed by atoms with Gasteiger partial charge in [0.25, 0.3) is 0 Å². The van der Waals surface area contributed by atoms with E-state index in [2.05, 4.69) is 55.4 Å². The molecule has 0 saturated carbocycles. The normalized spacial score (nSPS) is 11.2. The predicted octanol–water partition coefficient (Wildman–Crippen LogP) is 4.33. The van der Waals surface area contributed by atoms with Crippen molar-refractivity contribution in [3.8, 4) is 0 Å². The number of allylic oxidation sites excluding steroid dienone is 1. The van der Waals surface area contributed by atoms with Crippen LogP contribution in [0, 0.1) is 13.8 Å². The van der Waals surface area contributed by atoms with Gasteiger partial charge in [0.2, 0.25) is 0 Å². The van der Waals surface area contributed by atoms with E-state index >= 15 is 0 Å². The van der Waals surface area contributed by atoms with E-state index in [-0.39, 0.29) is 0 Å². The SMILES string of the molecule is C=CCCn1c(C)c(C)c2cc(CNCCC)ccc21. The highest BCUT2D eigenvalue weighted by atomic mass is 15.0. The smallest absolute Gasteiger partial charge is 0.0485 e. The molecule has 1 aromatic carbocycles. The summed E-state index contributed by atoms with van der Waals surface area (Å²) in [7, 11) is 0. The van der Waals surface area contributed by atoms with Crippen LogP contribution in [0.2, 0.25) is 0 Å². The summed E-state index contributed by atoms with van der Waals surface area (Å²) in [6, 6.07) is 6.85. The van der Waals surface area contributed by atoms with Gasteiger partial charge >= 0.3 is 0 Å². The molecule has 1 N–H and O–H groups in total. The molecule has 0 saturated heterocycles. The Morgan fingerprint density at radius 1 is 1.30 bits per heavy atom. The lowest BCUT2D eigenvalue weighted by Gasteiger charge is -2.07. The number of aromatic nitrogens is 1. The zero-order valence-corrected chi connectivity index (χ0v) is 13.0. The van der Waals surface area contributed by atoms with Crippen LogP contribution in [0.4, 0.5) is 0 Å². The summed E-state index contributed by atoms with van der Waals surface area (Å²) in [5.74, 6) is 0. The van der Waals surface area contributed by atoms with Gasteiger partial charge in [-0.25, -0.2) is 0 Å². The van der Waals surface area contributed by atoms with Gasteiger partial charge in [0.05, 0.1) is 0 Å². The summed E-state index contributed by atoms with van der Waals surface area (Å²) in [4.78, 5) is 0. The van der Waals surface area contributed by atoms with Gasteiger partial charge in [0.15, 0.2) is 0 Å².